The summed E-state index contributed by atoms with van der Waals surface area (Å²) < 4.78 is 1.99. The summed E-state index contributed by atoms with van der Waals surface area (Å²) in [7, 11) is 0. The first kappa shape index (κ1) is 8.69. The second kappa shape index (κ2) is 3.46. The molecule has 2 N–H and O–H groups in total. The number of nitrogens with two attached hydrogens (primary N) is 1. The molecular formula is C9H16N4. The molecule has 0 fully saturated rings. The molecule has 0 bridgehead atoms. The number of nitrogens with zero attached hydrogens (tertiary/aromatic N) is 3. The van der Waals surface area contributed by atoms with Crippen LogP contribution in [0.1, 0.15) is 37.2 Å². The van der Waals surface area contributed by atoms with Crippen LogP contribution >= 0.6 is 0 Å². The quantitative estimate of drug-likeness (QED) is 0.728. The van der Waals surface area contributed by atoms with Crippen LogP contribution in [-0.2, 0) is 12.8 Å². The van der Waals surface area contributed by atoms with Gasteiger partial charge in [0.1, 0.15) is 0 Å². The Bertz CT molecular complexity index is 292. The SMILES string of the molecule is CC(CN)n1nnc2c1CCCC2. The Labute approximate surface area is 78.1 Å². The summed E-state index contributed by atoms with van der Waals surface area (Å²) >= 11 is 0. The second-order valence-corrected chi connectivity index (χ2v) is 3.72. The van der Waals surface area contributed by atoms with Crippen molar-refractivity contribution in [2.45, 2.75) is 38.6 Å². The molecule has 13 heavy (non-hydrogen) atoms. The summed E-state index contributed by atoms with van der Waals surface area (Å²) in [6, 6.07) is 0.286. The van der Waals surface area contributed by atoms with E-state index < -0.39 is 0 Å². The third kappa shape index (κ3) is 1.46. The van der Waals surface area contributed by atoms with Gasteiger partial charge in [0, 0.05) is 6.54 Å². The molecule has 1 aromatic rings. The lowest BCUT2D eigenvalue weighted by Gasteiger charge is -2.15. The van der Waals surface area contributed by atoms with Crippen molar-refractivity contribution in [3.05, 3.63) is 11.4 Å². The van der Waals surface area contributed by atoms with Crippen LogP contribution in [-0.4, -0.2) is 21.5 Å². The van der Waals surface area contributed by atoms with E-state index in [4.69, 9.17) is 5.73 Å². The van der Waals surface area contributed by atoms with E-state index >= 15 is 0 Å². The summed E-state index contributed by atoms with van der Waals surface area (Å²) in [5, 5.41) is 8.34. The molecule has 2 rings (SSSR count). The molecule has 4 nitrogen and oxygen atoms in total. The fraction of sp³-hybridized carbons (Fsp3) is 0.778. The highest BCUT2D eigenvalue weighted by molar-refractivity contribution is 5.14. The van der Waals surface area contributed by atoms with Gasteiger partial charge in [-0.1, -0.05) is 5.21 Å². The molecule has 4 heteroatoms. The van der Waals surface area contributed by atoms with E-state index in [0.717, 1.165) is 12.8 Å². The smallest absolute Gasteiger partial charge is 0.0859 e. The van der Waals surface area contributed by atoms with Gasteiger partial charge in [0.05, 0.1) is 17.4 Å². The molecule has 1 aromatic heterocycles. The molecular weight excluding hydrogens is 164 g/mol. The molecule has 0 aromatic carbocycles. The maximum absolute atomic E-state index is 5.61. The van der Waals surface area contributed by atoms with Crippen LogP contribution in [0.5, 0.6) is 0 Å². The minimum atomic E-state index is 0.286. The minimum absolute atomic E-state index is 0.286. The first-order chi connectivity index (χ1) is 6.33. The molecule has 0 saturated carbocycles. The number of hydrogen-bond donors (Lipinski definition) is 1. The number of rotatable bonds is 2. The van der Waals surface area contributed by atoms with Gasteiger partial charge in [-0.15, -0.1) is 5.10 Å². The Morgan fingerprint density at radius 1 is 1.46 bits per heavy atom. The molecule has 1 unspecified atom stereocenters. The van der Waals surface area contributed by atoms with Gasteiger partial charge >= 0.3 is 0 Å². The lowest BCUT2D eigenvalue weighted by Crippen LogP contribution is -2.20. The van der Waals surface area contributed by atoms with Crippen LogP contribution in [0, 0.1) is 0 Å². The number of aryl methyl sites for hydroxylation is 1. The van der Waals surface area contributed by atoms with Gasteiger partial charge in [0.15, 0.2) is 0 Å². The van der Waals surface area contributed by atoms with Gasteiger partial charge in [-0.2, -0.15) is 0 Å². The van der Waals surface area contributed by atoms with Crippen molar-refractivity contribution >= 4 is 0 Å². The van der Waals surface area contributed by atoms with E-state index in [0.29, 0.717) is 6.54 Å². The Balaban J connectivity index is 2.31. The zero-order chi connectivity index (χ0) is 9.26. The van der Waals surface area contributed by atoms with E-state index in [-0.39, 0.29) is 6.04 Å². The zero-order valence-corrected chi connectivity index (χ0v) is 8.03. The molecule has 0 saturated heterocycles. The molecule has 0 spiro atoms. The van der Waals surface area contributed by atoms with E-state index in [1.807, 2.05) is 4.68 Å². The molecule has 1 atom stereocenters. The largest absolute Gasteiger partial charge is 0.328 e. The Morgan fingerprint density at radius 2 is 2.23 bits per heavy atom. The highest BCUT2D eigenvalue weighted by Gasteiger charge is 2.18. The van der Waals surface area contributed by atoms with E-state index in [9.17, 15) is 0 Å². The highest BCUT2D eigenvalue weighted by atomic mass is 15.4. The predicted molar refractivity (Wildman–Crippen MR) is 50.4 cm³/mol. The first-order valence-corrected chi connectivity index (χ1v) is 4.96. The number of fused-ring (bicyclic) bond motifs is 1. The number of aromatic nitrogens is 3. The molecule has 1 heterocycles. The van der Waals surface area contributed by atoms with Gasteiger partial charge in [0.25, 0.3) is 0 Å². The second-order valence-electron chi connectivity index (χ2n) is 3.72. The Morgan fingerprint density at radius 3 is 3.00 bits per heavy atom. The standard InChI is InChI=1S/C9H16N4/c1-7(6-10)13-9-5-3-2-4-8(9)11-12-13/h7H,2-6,10H2,1H3. The maximum atomic E-state index is 5.61. The van der Waals surface area contributed by atoms with Crippen LogP contribution in [0.2, 0.25) is 0 Å². The van der Waals surface area contributed by atoms with E-state index in [1.165, 1.54) is 24.2 Å². The average molecular weight is 180 g/mol. The first-order valence-electron chi connectivity index (χ1n) is 4.96. The van der Waals surface area contributed by atoms with Crippen molar-refractivity contribution in [3.63, 3.8) is 0 Å². The van der Waals surface area contributed by atoms with Crippen LogP contribution in [0.15, 0.2) is 0 Å². The third-order valence-electron chi connectivity index (χ3n) is 2.71. The van der Waals surface area contributed by atoms with Crippen molar-refractivity contribution in [1.29, 1.82) is 0 Å². The van der Waals surface area contributed by atoms with Crippen molar-refractivity contribution in [3.8, 4) is 0 Å². The van der Waals surface area contributed by atoms with Crippen LogP contribution in [0.3, 0.4) is 0 Å². The monoisotopic (exact) mass is 180 g/mol. The van der Waals surface area contributed by atoms with E-state index in [1.54, 1.807) is 0 Å². The lowest BCUT2D eigenvalue weighted by atomic mass is 10.0. The zero-order valence-electron chi connectivity index (χ0n) is 8.03. The van der Waals surface area contributed by atoms with Crippen LogP contribution in [0.25, 0.3) is 0 Å². The van der Waals surface area contributed by atoms with Gasteiger partial charge in [-0.25, -0.2) is 4.68 Å². The lowest BCUT2D eigenvalue weighted by molar-refractivity contribution is 0.462. The molecule has 0 amide bonds. The van der Waals surface area contributed by atoms with Crippen molar-refractivity contribution in [2.24, 2.45) is 5.73 Å². The molecule has 0 radical (unpaired) electrons. The third-order valence-corrected chi connectivity index (χ3v) is 2.71. The Hall–Kier alpha value is -0.900. The van der Waals surface area contributed by atoms with Gasteiger partial charge in [-0.3, -0.25) is 0 Å². The molecule has 1 aliphatic carbocycles. The van der Waals surface area contributed by atoms with Gasteiger partial charge in [-0.05, 0) is 32.6 Å². The van der Waals surface area contributed by atoms with Crippen LogP contribution < -0.4 is 5.73 Å². The van der Waals surface area contributed by atoms with E-state index in [2.05, 4.69) is 17.2 Å². The summed E-state index contributed by atoms with van der Waals surface area (Å²) in [4.78, 5) is 0. The van der Waals surface area contributed by atoms with Gasteiger partial charge in [0.2, 0.25) is 0 Å². The van der Waals surface area contributed by atoms with Gasteiger partial charge < -0.3 is 5.73 Å². The summed E-state index contributed by atoms with van der Waals surface area (Å²) in [5.74, 6) is 0. The summed E-state index contributed by atoms with van der Waals surface area (Å²) in [5.41, 5.74) is 8.10. The Kier molecular flexibility index (Phi) is 2.31. The summed E-state index contributed by atoms with van der Waals surface area (Å²) in [6.07, 6.45) is 4.72. The molecule has 1 aliphatic rings. The minimum Gasteiger partial charge on any atom is -0.328 e. The highest BCUT2D eigenvalue weighted by Crippen LogP contribution is 2.20. The van der Waals surface area contributed by atoms with Crippen molar-refractivity contribution in [2.75, 3.05) is 6.54 Å². The summed E-state index contributed by atoms with van der Waals surface area (Å²) in [6.45, 7) is 2.72. The van der Waals surface area contributed by atoms with Crippen LogP contribution in [0.4, 0.5) is 0 Å². The van der Waals surface area contributed by atoms with Crippen molar-refractivity contribution in [1.82, 2.24) is 15.0 Å². The fourth-order valence-electron chi connectivity index (χ4n) is 1.84. The topological polar surface area (TPSA) is 56.7 Å². The molecule has 72 valence electrons. The average Bonchev–Trinajstić information content (AvgIpc) is 2.60. The predicted octanol–water partition coefficient (Wildman–Crippen LogP) is 0.677. The number of hydrogen-bond acceptors (Lipinski definition) is 3. The molecule has 0 aliphatic heterocycles. The maximum Gasteiger partial charge on any atom is 0.0859 e. The fourth-order valence-corrected chi connectivity index (χ4v) is 1.84. The van der Waals surface area contributed by atoms with Crippen molar-refractivity contribution < 1.29 is 0 Å². The normalized spacial score (nSPS) is 18.3.